The Hall–Kier alpha value is -3.62. The first-order valence-electron chi connectivity index (χ1n) is 11.0. The monoisotopic (exact) mass is 470 g/mol. The van der Waals surface area contributed by atoms with Gasteiger partial charge < -0.3 is 10.2 Å². The van der Waals surface area contributed by atoms with Gasteiger partial charge in [0.05, 0.1) is 28.7 Å². The number of likely N-dealkylation sites (tertiary alicyclic amines) is 1. The second kappa shape index (κ2) is 9.32. The molecule has 1 fully saturated rings. The van der Waals surface area contributed by atoms with Gasteiger partial charge in [-0.2, -0.15) is 18.3 Å². The van der Waals surface area contributed by atoms with Gasteiger partial charge in [-0.05, 0) is 56.5 Å². The van der Waals surface area contributed by atoms with Crippen molar-refractivity contribution in [2.45, 2.75) is 38.9 Å². The van der Waals surface area contributed by atoms with Crippen molar-refractivity contribution in [1.29, 1.82) is 0 Å². The van der Waals surface area contributed by atoms with Crippen LogP contribution in [0.2, 0.25) is 0 Å². The van der Waals surface area contributed by atoms with Gasteiger partial charge in [-0.1, -0.05) is 24.3 Å². The third kappa shape index (κ3) is 4.83. The number of amides is 2. The number of piperidine rings is 1. The second-order valence-electron chi connectivity index (χ2n) is 8.46. The SMILES string of the molecule is Cc1ccccc1C(=O)NC1CCN(C(=O)c2cnn(-c3cccc(C(F)(F)F)c3)c2C)CC1. The summed E-state index contributed by atoms with van der Waals surface area (Å²) in [5, 5.41) is 7.21. The Morgan fingerprint density at radius 3 is 2.38 bits per heavy atom. The number of nitrogens with one attached hydrogen (secondary N) is 1. The average molecular weight is 470 g/mol. The molecule has 0 atom stereocenters. The Morgan fingerprint density at radius 2 is 1.71 bits per heavy atom. The van der Waals surface area contributed by atoms with Crippen molar-refractivity contribution in [1.82, 2.24) is 20.0 Å². The zero-order valence-corrected chi connectivity index (χ0v) is 18.9. The third-order valence-corrected chi connectivity index (χ3v) is 6.17. The number of aromatic nitrogens is 2. The van der Waals surface area contributed by atoms with Gasteiger partial charge in [0, 0.05) is 24.7 Å². The van der Waals surface area contributed by atoms with Crippen molar-refractivity contribution in [2.24, 2.45) is 0 Å². The van der Waals surface area contributed by atoms with Crippen LogP contribution in [0.3, 0.4) is 0 Å². The lowest BCUT2D eigenvalue weighted by Gasteiger charge is -2.32. The molecule has 0 radical (unpaired) electrons. The first kappa shape index (κ1) is 23.5. The summed E-state index contributed by atoms with van der Waals surface area (Å²) in [5.74, 6) is -0.347. The second-order valence-corrected chi connectivity index (χ2v) is 8.46. The molecule has 0 aliphatic carbocycles. The quantitative estimate of drug-likeness (QED) is 0.609. The van der Waals surface area contributed by atoms with E-state index in [2.05, 4.69) is 10.4 Å². The number of carbonyl (C=O) groups is 2. The molecule has 1 aliphatic rings. The maximum absolute atomic E-state index is 13.1. The fraction of sp³-hybridized carbons (Fsp3) is 0.320. The van der Waals surface area contributed by atoms with Crippen LogP contribution in [0.1, 0.15) is 50.4 Å². The van der Waals surface area contributed by atoms with E-state index in [4.69, 9.17) is 0 Å². The summed E-state index contributed by atoms with van der Waals surface area (Å²) in [6, 6.07) is 12.2. The van der Waals surface area contributed by atoms with E-state index in [1.807, 2.05) is 25.1 Å². The van der Waals surface area contributed by atoms with Crippen molar-refractivity contribution >= 4 is 11.8 Å². The van der Waals surface area contributed by atoms with E-state index in [9.17, 15) is 22.8 Å². The fourth-order valence-electron chi connectivity index (χ4n) is 4.18. The molecule has 2 amide bonds. The summed E-state index contributed by atoms with van der Waals surface area (Å²) in [6.45, 7) is 4.48. The molecule has 0 spiro atoms. The van der Waals surface area contributed by atoms with E-state index >= 15 is 0 Å². The van der Waals surface area contributed by atoms with E-state index in [-0.39, 0.29) is 23.5 Å². The van der Waals surface area contributed by atoms with E-state index in [1.54, 1.807) is 17.9 Å². The standard InChI is InChI=1S/C25H25F3N4O2/c1-16-6-3-4-9-21(16)23(33)30-19-10-12-31(13-11-19)24(34)22-15-29-32(17(22)2)20-8-5-7-18(14-20)25(26,27)28/h3-9,14-15,19H,10-13H2,1-2H3,(H,30,33). The molecular formula is C25H25F3N4O2. The minimum absolute atomic E-state index is 0.0370. The number of benzene rings is 2. The lowest BCUT2D eigenvalue weighted by atomic mass is 10.0. The Morgan fingerprint density at radius 1 is 1.00 bits per heavy atom. The molecule has 0 saturated carbocycles. The number of hydrogen-bond acceptors (Lipinski definition) is 3. The summed E-state index contributed by atoms with van der Waals surface area (Å²) < 4.78 is 40.6. The number of alkyl halides is 3. The van der Waals surface area contributed by atoms with Crippen LogP contribution in [0, 0.1) is 13.8 Å². The Kier molecular flexibility index (Phi) is 6.45. The van der Waals surface area contributed by atoms with Crippen molar-refractivity contribution in [3.63, 3.8) is 0 Å². The zero-order chi connectivity index (χ0) is 24.5. The lowest BCUT2D eigenvalue weighted by molar-refractivity contribution is -0.137. The van der Waals surface area contributed by atoms with Crippen LogP contribution >= 0.6 is 0 Å². The van der Waals surface area contributed by atoms with Crippen LogP contribution < -0.4 is 5.32 Å². The molecule has 1 aliphatic heterocycles. The summed E-state index contributed by atoms with van der Waals surface area (Å²) in [4.78, 5) is 27.3. The molecule has 2 aromatic carbocycles. The Labute approximate surface area is 195 Å². The molecule has 1 N–H and O–H groups in total. The van der Waals surface area contributed by atoms with Crippen LogP contribution in [-0.2, 0) is 6.18 Å². The highest BCUT2D eigenvalue weighted by molar-refractivity contribution is 5.96. The Bertz CT molecular complexity index is 1210. The van der Waals surface area contributed by atoms with E-state index in [1.165, 1.54) is 23.0 Å². The molecule has 4 rings (SSSR count). The number of halogens is 3. The number of carbonyl (C=O) groups excluding carboxylic acids is 2. The number of aryl methyl sites for hydroxylation is 1. The molecule has 1 saturated heterocycles. The third-order valence-electron chi connectivity index (χ3n) is 6.17. The first-order valence-corrected chi connectivity index (χ1v) is 11.0. The van der Waals surface area contributed by atoms with E-state index in [0.29, 0.717) is 42.8 Å². The smallest absolute Gasteiger partial charge is 0.349 e. The number of hydrogen-bond donors (Lipinski definition) is 1. The lowest BCUT2D eigenvalue weighted by Crippen LogP contribution is -2.46. The molecule has 0 bridgehead atoms. The molecule has 0 unspecified atom stereocenters. The maximum Gasteiger partial charge on any atom is 0.416 e. The zero-order valence-electron chi connectivity index (χ0n) is 18.9. The molecule has 178 valence electrons. The molecule has 6 nitrogen and oxygen atoms in total. The summed E-state index contributed by atoms with van der Waals surface area (Å²) >= 11 is 0. The minimum Gasteiger partial charge on any atom is -0.349 e. The van der Waals surface area contributed by atoms with Crippen LogP contribution in [0.5, 0.6) is 0 Å². The van der Waals surface area contributed by atoms with Crippen molar-refractivity contribution < 1.29 is 22.8 Å². The van der Waals surface area contributed by atoms with Crippen LogP contribution in [0.25, 0.3) is 5.69 Å². The van der Waals surface area contributed by atoms with Gasteiger partial charge in [-0.3, -0.25) is 9.59 Å². The normalized spacial score (nSPS) is 14.8. The summed E-state index contributed by atoms with van der Waals surface area (Å²) in [7, 11) is 0. The summed E-state index contributed by atoms with van der Waals surface area (Å²) in [6.07, 6.45) is -1.84. The molecule has 34 heavy (non-hydrogen) atoms. The molecule has 2 heterocycles. The first-order chi connectivity index (χ1) is 16.1. The van der Waals surface area contributed by atoms with Crippen molar-refractivity contribution in [3.8, 4) is 5.69 Å². The van der Waals surface area contributed by atoms with Gasteiger partial charge in [0.25, 0.3) is 11.8 Å². The van der Waals surface area contributed by atoms with Crippen LogP contribution in [0.15, 0.2) is 54.7 Å². The summed E-state index contributed by atoms with van der Waals surface area (Å²) in [5.41, 5.74) is 1.82. The van der Waals surface area contributed by atoms with Gasteiger partial charge in [0.2, 0.25) is 0 Å². The highest BCUT2D eigenvalue weighted by Gasteiger charge is 2.31. The van der Waals surface area contributed by atoms with Gasteiger partial charge in [0.15, 0.2) is 0 Å². The van der Waals surface area contributed by atoms with Gasteiger partial charge in [0.1, 0.15) is 0 Å². The topological polar surface area (TPSA) is 67.2 Å². The van der Waals surface area contributed by atoms with Gasteiger partial charge in [-0.25, -0.2) is 4.68 Å². The fourth-order valence-corrected chi connectivity index (χ4v) is 4.18. The Balaban J connectivity index is 1.41. The molecule has 3 aromatic rings. The molecule has 1 aromatic heterocycles. The van der Waals surface area contributed by atoms with Crippen LogP contribution in [-0.4, -0.2) is 45.6 Å². The van der Waals surface area contributed by atoms with E-state index < -0.39 is 11.7 Å². The largest absolute Gasteiger partial charge is 0.416 e. The number of rotatable bonds is 4. The van der Waals surface area contributed by atoms with Crippen molar-refractivity contribution in [2.75, 3.05) is 13.1 Å². The average Bonchev–Trinajstić information content (AvgIpc) is 3.20. The minimum atomic E-state index is -4.46. The molecule has 9 heteroatoms. The van der Waals surface area contributed by atoms with Crippen molar-refractivity contribution in [3.05, 3.63) is 82.7 Å². The highest BCUT2D eigenvalue weighted by Crippen LogP contribution is 2.30. The highest BCUT2D eigenvalue weighted by atomic mass is 19.4. The number of nitrogens with zero attached hydrogens (tertiary/aromatic N) is 3. The van der Waals surface area contributed by atoms with E-state index in [0.717, 1.165) is 17.7 Å². The van der Waals surface area contributed by atoms with Crippen LogP contribution in [0.4, 0.5) is 13.2 Å². The van der Waals surface area contributed by atoms with Gasteiger partial charge >= 0.3 is 6.18 Å². The predicted molar refractivity (Wildman–Crippen MR) is 121 cm³/mol. The molecular weight excluding hydrogens is 445 g/mol. The van der Waals surface area contributed by atoms with Gasteiger partial charge in [-0.15, -0.1) is 0 Å². The predicted octanol–water partition coefficient (Wildman–Crippen LogP) is 4.54. The maximum atomic E-state index is 13.1.